The molecule has 1 aromatic rings. The number of hydrogen-bond donors (Lipinski definition) is 3. The van der Waals surface area contributed by atoms with E-state index in [0.717, 1.165) is 11.1 Å². The van der Waals surface area contributed by atoms with Crippen LogP contribution in [0.3, 0.4) is 0 Å². The summed E-state index contributed by atoms with van der Waals surface area (Å²) in [6.45, 7) is 3.77. The summed E-state index contributed by atoms with van der Waals surface area (Å²) in [5.41, 5.74) is 2.12. The minimum Gasteiger partial charge on any atom is -0.480 e. The highest BCUT2D eigenvalue weighted by molar-refractivity contribution is 5.82. The third-order valence-corrected chi connectivity index (χ3v) is 2.29. The Balaban J connectivity index is 2.38. The van der Waals surface area contributed by atoms with Crippen LogP contribution in [-0.2, 0) is 11.3 Å². The molecule has 0 bridgehead atoms. The van der Waals surface area contributed by atoms with Crippen LogP contribution in [0.2, 0.25) is 0 Å². The van der Waals surface area contributed by atoms with E-state index in [1.807, 2.05) is 31.2 Å². The van der Waals surface area contributed by atoms with E-state index in [0.29, 0.717) is 6.54 Å². The second-order valence-electron chi connectivity index (χ2n) is 3.87. The molecule has 0 saturated heterocycles. The highest BCUT2D eigenvalue weighted by Crippen LogP contribution is 2.02. The monoisotopic (exact) mass is 236 g/mol. The van der Waals surface area contributed by atoms with Gasteiger partial charge in [-0.05, 0) is 19.4 Å². The summed E-state index contributed by atoms with van der Waals surface area (Å²) in [4.78, 5) is 21.8. The van der Waals surface area contributed by atoms with Crippen LogP contribution in [0.1, 0.15) is 18.1 Å². The smallest absolute Gasteiger partial charge is 0.325 e. The summed E-state index contributed by atoms with van der Waals surface area (Å²) in [6, 6.07) is 6.35. The first-order valence-corrected chi connectivity index (χ1v) is 5.32. The maximum atomic E-state index is 11.3. The Morgan fingerprint density at radius 3 is 2.41 bits per heavy atom. The molecule has 2 amide bonds. The molecule has 0 aliphatic rings. The van der Waals surface area contributed by atoms with E-state index in [2.05, 4.69) is 10.6 Å². The Morgan fingerprint density at radius 2 is 1.88 bits per heavy atom. The molecule has 0 spiro atoms. The van der Waals surface area contributed by atoms with Gasteiger partial charge in [-0.2, -0.15) is 0 Å². The third kappa shape index (κ3) is 4.55. The zero-order chi connectivity index (χ0) is 12.8. The van der Waals surface area contributed by atoms with Crippen molar-refractivity contribution in [2.24, 2.45) is 0 Å². The molecule has 0 aliphatic carbocycles. The lowest BCUT2D eigenvalue weighted by atomic mass is 10.1. The van der Waals surface area contributed by atoms with Gasteiger partial charge in [0.15, 0.2) is 0 Å². The molecule has 17 heavy (non-hydrogen) atoms. The Hall–Kier alpha value is -2.04. The van der Waals surface area contributed by atoms with E-state index >= 15 is 0 Å². The van der Waals surface area contributed by atoms with E-state index in [9.17, 15) is 9.59 Å². The van der Waals surface area contributed by atoms with E-state index in [1.165, 1.54) is 6.92 Å². The minimum absolute atomic E-state index is 0.373. The third-order valence-electron chi connectivity index (χ3n) is 2.29. The summed E-state index contributed by atoms with van der Waals surface area (Å²) in [7, 11) is 0. The maximum Gasteiger partial charge on any atom is 0.325 e. The van der Waals surface area contributed by atoms with Gasteiger partial charge in [0.2, 0.25) is 0 Å². The average Bonchev–Trinajstić information content (AvgIpc) is 2.28. The lowest BCUT2D eigenvalue weighted by Gasteiger charge is -2.10. The van der Waals surface area contributed by atoms with Gasteiger partial charge >= 0.3 is 12.0 Å². The molecule has 0 aromatic heterocycles. The van der Waals surface area contributed by atoms with Crippen molar-refractivity contribution in [1.29, 1.82) is 0 Å². The van der Waals surface area contributed by atoms with Crippen LogP contribution in [0.25, 0.3) is 0 Å². The fourth-order valence-electron chi connectivity index (χ4n) is 1.20. The molecule has 92 valence electrons. The SMILES string of the molecule is Cc1ccc(CNC(=O)NC(C)C(=O)O)cc1. The van der Waals surface area contributed by atoms with Gasteiger partial charge < -0.3 is 15.7 Å². The highest BCUT2D eigenvalue weighted by Gasteiger charge is 2.12. The van der Waals surface area contributed by atoms with E-state index in [1.54, 1.807) is 0 Å². The van der Waals surface area contributed by atoms with Crippen LogP contribution in [0.15, 0.2) is 24.3 Å². The molecule has 0 fully saturated rings. The highest BCUT2D eigenvalue weighted by atomic mass is 16.4. The normalized spacial score (nSPS) is 11.6. The van der Waals surface area contributed by atoms with Crippen molar-refractivity contribution < 1.29 is 14.7 Å². The molecular formula is C12H16N2O3. The molecule has 1 aromatic carbocycles. The lowest BCUT2D eigenvalue weighted by Crippen LogP contribution is -2.44. The van der Waals surface area contributed by atoms with Crippen LogP contribution in [0.5, 0.6) is 0 Å². The first kappa shape index (κ1) is 13.0. The Bertz CT molecular complexity index is 401. The van der Waals surface area contributed by atoms with Gasteiger partial charge in [0, 0.05) is 6.54 Å². The number of hydrogen-bond acceptors (Lipinski definition) is 2. The van der Waals surface area contributed by atoms with Gasteiger partial charge in [0.25, 0.3) is 0 Å². The van der Waals surface area contributed by atoms with Crippen molar-refractivity contribution in [1.82, 2.24) is 10.6 Å². The fourth-order valence-corrected chi connectivity index (χ4v) is 1.20. The van der Waals surface area contributed by atoms with Gasteiger partial charge in [-0.3, -0.25) is 4.79 Å². The second kappa shape index (κ2) is 5.89. The Labute approximate surface area is 99.8 Å². The number of carbonyl (C=O) groups is 2. The molecule has 0 radical (unpaired) electrons. The number of carboxylic acids is 1. The average molecular weight is 236 g/mol. The Morgan fingerprint density at radius 1 is 1.29 bits per heavy atom. The van der Waals surface area contributed by atoms with Gasteiger partial charge in [0.05, 0.1) is 0 Å². The lowest BCUT2D eigenvalue weighted by molar-refractivity contribution is -0.138. The number of benzene rings is 1. The van der Waals surface area contributed by atoms with Crippen LogP contribution in [-0.4, -0.2) is 23.1 Å². The second-order valence-corrected chi connectivity index (χ2v) is 3.87. The first-order chi connectivity index (χ1) is 7.99. The zero-order valence-electron chi connectivity index (χ0n) is 9.86. The van der Waals surface area contributed by atoms with Crippen molar-refractivity contribution in [2.75, 3.05) is 0 Å². The van der Waals surface area contributed by atoms with Crippen LogP contribution >= 0.6 is 0 Å². The predicted octanol–water partition coefficient (Wildman–Crippen LogP) is 1.27. The quantitative estimate of drug-likeness (QED) is 0.736. The summed E-state index contributed by atoms with van der Waals surface area (Å²) in [6.07, 6.45) is 0. The number of nitrogens with one attached hydrogen (secondary N) is 2. The zero-order valence-corrected chi connectivity index (χ0v) is 9.86. The molecule has 5 nitrogen and oxygen atoms in total. The number of aliphatic carboxylic acids is 1. The van der Waals surface area contributed by atoms with Gasteiger partial charge in [-0.15, -0.1) is 0 Å². The van der Waals surface area contributed by atoms with Gasteiger partial charge in [0.1, 0.15) is 6.04 Å². The van der Waals surface area contributed by atoms with Crippen LogP contribution in [0, 0.1) is 6.92 Å². The van der Waals surface area contributed by atoms with Crippen molar-refractivity contribution in [2.45, 2.75) is 26.4 Å². The predicted molar refractivity (Wildman–Crippen MR) is 63.6 cm³/mol. The summed E-state index contributed by atoms with van der Waals surface area (Å²) in [5.74, 6) is -1.06. The van der Waals surface area contributed by atoms with E-state index < -0.39 is 18.0 Å². The molecule has 5 heteroatoms. The fraction of sp³-hybridized carbons (Fsp3) is 0.333. The summed E-state index contributed by atoms with van der Waals surface area (Å²) < 4.78 is 0. The van der Waals surface area contributed by atoms with Gasteiger partial charge in [-0.25, -0.2) is 4.79 Å². The molecule has 3 N–H and O–H groups in total. The molecule has 1 atom stereocenters. The molecule has 1 unspecified atom stereocenters. The molecule has 0 heterocycles. The number of carbonyl (C=O) groups excluding carboxylic acids is 1. The van der Waals surface area contributed by atoms with Crippen molar-refractivity contribution in [3.05, 3.63) is 35.4 Å². The van der Waals surface area contributed by atoms with E-state index in [4.69, 9.17) is 5.11 Å². The van der Waals surface area contributed by atoms with Crippen LogP contribution < -0.4 is 10.6 Å². The van der Waals surface area contributed by atoms with Crippen molar-refractivity contribution >= 4 is 12.0 Å². The molecule has 1 rings (SSSR count). The number of carboxylic acid groups (broad SMARTS) is 1. The summed E-state index contributed by atoms with van der Waals surface area (Å²) >= 11 is 0. The van der Waals surface area contributed by atoms with Crippen LogP contribution in [0.4, 0.5) is 4.79 Å². The number of aryl methyl sites for hydroxylation is 1. The molecular weight excluding hydrogens is 220 g/mol. The first-order valence-electron chi connectivity index (χ1n) is 5.32. The standard InChI is InChI=1S/C12H16N2O3/c1-8-3-5-10(6-4-8)7-13-12(17)14-9(2)11(15)16/h3-6,9H,7H2,1-2H3,(H,15,16)(H2,13,14,17). The van der Waals surface area contributed by atoms with Crippen molar-refractivity contribution in [3.63, 3.8) is 0 Å². The number of urea groups is 1. The maximum absolute atomic E-state index is 11.3. The minimum atomic E-state index is -1.06. The van der Waals surface area contributed by atoms with E-state index in [-0.39, 0.29) is 0 Å². The topological polar surface area (TPSA) is 78.4 Å². The Kier molecular flexibility index (Phi) is 4.51. The summed E-state index contributed by atoms with van der Waals surface area (Å²) in [5, 5.41) is 13.5. The number of amides is 2. The van der Waals surface area contributed by atoms with Gasteiger partial charge in [-0.1, -0.05) is 29.8 Å². The van der Waals surface area contributed by atoms with Crippen molar-refractivity contribution in [3.8, 4) is 0 Å². The molecule has 0 saturated carbocycles. The largest absolute Gasteiger partial charge is 0.480 e. The molecule has 0 aliphatic heterocycles. The number of rotatable bonds is 4.